The third kappa shape index (κ3) is 2.26. The number of hydrogen-bond donors (Lipinski definition) is 1. The van der Waals surface area contributed by atoms with Crippen molar-refractivity contribution in [2.75, 3.05) is 5.73 Å². The summed E-state index contributed by atoms with van der Waals surface area (Å²) in [5, 5.41) is 0. The van der Waals surface area contributed by atoms with Gasteiger partial charge < -0.3 is 5.73 Å². The van der Waals surface area contributed by atoms with E-state index in [1.165, 1.54) is 24.8 Å². The molecular formula is C17H17NO. The molecular weight excluding hydrogens is 234 g/mol. The first-order chi connectivity index (χ1) is 9.25. The van der Waals surface area contributed by atoms with Gasteiger partial charge in [0.05, 0.1) is 0 Å². The van der Waals surface area contributed by atoms with Crippen molar-refractivity contribution in [1.82, 2.24) is 0 Å². The van der Waals surface area contributed by atoms with Crippen molar-refractivity contribution < 1.29 is 4.79 Å². The van der Waals surface area contributed by atoms with E-state index in [0.29, 0.717) is 17.2 Å². The summed E-state index contributed by atoms with van der Waals surface area (Å²) in [6.45, 7) is 0. The second-order valence-electron chi connectivity index (χ2n) is 5.17. The second-order valence-corrected chi connectivity index (χ2v) is 5.17. The third-order valence-corrected chi connectivity index (χ3v) is 3.92. The monoisotopic (exact) mass is 251 g/mol. The molecule has 0 atom stereocenters. The molecule has 0 unspecified atom stereocenters. The molecule has 2 nitrogen and oxygen atoms in total. The number of rotatable bonds is 3. The van der Waals surface area contributed by atoms with Crippen LogP contribution in [0.4, 0.5) is 5.69 Å². The van der Waals surface area contributed by atoms with Crippen molar-refractivity contribution in [3.63, 3.8) is 0 Å². The Balaban J connectivity index is 1.97. The molecule has 2 aromatic rings. The highest BCUT2D eigenvalue weighted by molar-refractivity contribution is 6.10. The Hall–Kier alpha value is -2.09. The zero-order chi connectivity index (χ0) is 13.2. The van der Waals surface area contributed by atoms with Crippen LogP contribution in [0.1, 0.15) is 46.7 Å². The number of nitrogen functional groups attached to an aromatic ring is 1. The molecule has 1 aliphatic rings. The van der Waals surface area contributed by atoms with Crippen molar-refractivity contribution >= 4 is 11.5 Å². The van der Waals surface area contributed by atoms with Gasteiger partial charge in [0.1, 0.15) is 0 Å². The maximum Gasteiger partial charge on any atom is 0.193 e. The first-order valence-electron chi connectivity index (χ1n) is 6.75. The van der Waals surface area contributed by atoms with E-state index in [1.807, 2.05) is 18.2 Å². The molecule has 0 amide bonds. The molecule has 0 radical (unpaired) electrons. The van der Waals surface area contributed by atoms with E-state index in [9.17, 15) is 4.79 Å². The Kier molecular flexibility index (Phi) is 3.08. The lowest BCUT2D eigenvalue weighted by Gasteiger charge is -2.27. The lowest BCUT2D eigenvalue weighted by atomic mass is 9.77. The quantitative estimate of drug-likeness (QED) is 0.666. The highest BCUT2D eigenvalue weighted by Gasteiger charge is 2.24. The van der Waals surface area contributed by atoms with E-state index in [0.717, 1.165) is 5.56 Å². The highest BCUT2D eigenvalue weighted by Crippen LogP contribution is 2.38. The molecule has 0 aliphatic heterocycles. The predicted octanol–water partition coefficient (Wildman–Crippen LogP) is 3.77. The Bertz CT molecular complexity index is 597. The fourth-order valence-corrected chi connectivity index (χ4v) is 2.57. The van der Waals surface area contributed by atoms with Gasteiger partial charge >= 0.3 is 0 Å². The minimum Gasteiger partial charge on any atom is -0.399 e. The van der Waals surface area contributed by atoms with Crippen LogP contribution in [0.5, 0.6) is 0 Å². The molecule has 0 saturated heterocycles. The SMILES string of the molecule is Nc1ccc(C(=O)c2ccccc2C2CCC2)cc1. The van der Waals surface area contributed by atoms with Crippen molar-refractivity contribution in [2.45, 2.75) is 25.2 Å². The Morgan fingerprint density at radius 2 is 1.68 bits per heavy atom. The largest absolute Gasteiger partial charge is 0.399 e. The summed E-state index contributed by atoms with van der Waals surface area (Å²) >= 11 is 0. The molecule has 19 heavy (non-hydrogen) atoms. The molecule has 1 saturated carbocycles. The Morgan fingerprint density at radius 1 is 1.00 bits per heavy atom. The normalized spacial score (nSPS) is 14.9. The van der Waals surface area contributed by atoms with Crippen LogP contribution in [0.2, 0.25) is 0 Å². The van der Waals surface area contributed by atoms with Crippen LogP contribution in [0.25, 0.3) is 0 Å². The molecule has 2 aromatic carbocycles. The number of anilines is 1. The number of nitrogens with two attached hydrogens (primary N) is 1. The summed E-state index contributed by atoms with van der Waals surface area (Å²) in [6, 6.07) is 15.1. The smallest absolute Gasteiger partial charge is 0.193 e. The Labute approximate surface area is 113 Å². The first kappa shape index (κ1) is 12.0. The van der Waals surface area contributed by atoms with Crippen molar-refractivity contribution in [3.8, 4) is 0 Å². The zero-order valence-electron chi connectivity index (χ0n) is 10.8. The summed E-state index contributed by atoms with van der Waals surface area (Å²) in [6.07, 6.45) is 3.67. The lowest BCUT2D eigenvalue weighted by Crippen LogP contribution is -2.14. The lowest BCUT2D eigenvalue weighted by molar-refractivity contribution is 0.103. The molecule has 1 fully saturated rings. The van der Waals surface area contributed by atoms with E-state index in [2.05, 4.69) is 6.07 Å². The van der Waals surface area contributed by atoms with E-state index < -0.39 is 0 Å². The van der Waals surface area contributed by atoms with Gasteiger partial charge in [-0.15, -0.1) is 0 Å². The van der Waals surface area contributed by atoms with E-state index in [1.54, 1.807) is 24.3 Å². The highest BCUT2D eigenvalue weighted by atomic mass is 16.1. The van der Waals surface area contributed by atoms with Crippen LogP contribution in [-0.2, 0) is 0 Å². The molecule has 3 rings (SSSR count). The summed E-state index contributed by atoms with van der Waals surface area (Å²) in [4.78, 5) is 12.6. The third-order valence-electron chi connectivity index (χ3n) is 3.92. The number of carbonyl (C=O) groups is 1. The van der Waals surface area contributed by atoms with Crippen LogP contribution < -0.4 is 5.73 Å². The minimum atomic E-state index is 0.0995. The van der Waals surface area contributed by atoms with Crippen LogP contribution in [0.3, 0.4) is 0 Å². The molecule has 96 valence electrons. The maximum atomic E-state index is 12.6. The molecule has 0 aromatic heterocycles. The predicted molar refractivity (Wildman–Crippen MR) is 77.3 cm³/mol. The summed E-state index contributed by atoms with van der Waals surface area (Å²) in [7, 11) is 0. The first-order valence-corrected chi connectivity index (χ1v) is 6.75. The molecule has 0 heterocycles. The average molecular weight is 251 g/mol. The summed E-state index contributed by atoms with van der Waals surface area (Å²) < 4.78 is 0. The topological polar surface area (TPSA) is 43.1 Å². The fourth-order valence-electron chi connectivity index (χ4n) is 2.57. The number of hydrogen-bond acceptors (Lipinski definition) is 2. The van der Waals surface area contributed by atoms with Gasteiger partial charge in [-0.25, -0.2) is 0 Å². The van der Waals surface area contributed by atoms with Gasteiger partial charge in [-0.3, -0.25) is 4.79 Å². The van der Waals surface area contributed by atoms with Crippen molar-refractivity contribution in [2.24, 2.45) is 0 Å². The Morgan fingerprint density at radius 3 is 2.32 bits per heavy atom. The summed E-state index contributed by atoms with van der Waals surface area (Å²) in [5.41, 5.74) is 9.10. The van der Waals surface area contributed by atoms with Gasteiger partial charge in [-0.1, -0.05) is 30.7 Å². The molecule has 0 bridgehead atoms. The van der Waals surface area contributed by atoms with Gasteiger partial charge in [-0.05, 0) is 48.6 Å². The van der Waals surface area contributed by atoms with Gasteiger partial charge in [0.25, 0.3) is 0 Å². The van der Waals surface area contributed by atoms with E-state index in [4.69, 9.17) is 5.73 Å². The maximum absolute atomic E-state index is 12.6. The van der Waals surface area contributed by atoms with Crippen LogP contribution in [0, 0.1) is 0 Å². The van der Waals surface area contributed by atoms with E-state index in [-0.39, 0.29) is 5.78 Å². The molecule has 2 heteroatoms. The molecule has 2 N–H and O–H groups in total. The standard InChI is InChI=1S/C17H17NO/c18-14-10-8-13(9-11-14)17(19)16-7-2-1-6-15(16)12-4-3-5-12/h1-2,6-12H,3-5,18H2. The van der Waals surface area contributed by atoms with Gasteiger partial charge in [0, 0.05) is 16.8 Å². The van der Waals surface area contributed by atoms with Crippen LogP contribution in [-0.4, -0.2) is 5.78 Å². The van der Waals surface area contributed by atoms with Crippen LogP contribution >= 0.6 is 0 Å². The van der Waals surface area contributed by atoms with Gasteiger partial charge in [-0.2, -0.15) is 0 Å². The van der Waals surface area contributed by atoms with E-state index >= 15 is 0 Å². The van der Waals surface area contributed by atoms with Crippen molar-refractivity contribution in [3.05, 3.63) is 65.2 Å². The zero-order valence-corrected chi connectivity index (χ0v) is 10.8. The number of benzene rings is 2. The fraction of sp³-hybridized carbons (Fsp3) is 0.235. The minimum absolute atomic E-state index is 0.0995. The summed E-state index contributed by atoms with van der Waals surface area (Å²) in [5.74, 6) is 0.663. The average Bonchev–Trinajstić information content (AvgIpc) is 2.37. The van der Waals surface area contributed by atoms with Gasteiger partial charge in [0.2, 0.25) is 0 Å². The number of ketones is 1. The van der Waals surface area contributed by atoms with Crippen molar-refractivity contribution in [1.29, 1.82) is 0 Å². The molecule has 1 aliphatic carbocycles. The van der Waals surface area contributed by atoms with Crippen LogP contribution in [0.15, 0.2) is 48.5 Å². The second kappa shape index (κ2) is 4.88. The molecule has 0 spiro atoms. The van der Waals surface area contributed by atoms with Gasteiger partial charge in [0.15, 0.2) is 5.78 Å². The number of carbonyl (C=O) groups excluding carboxylic acids is 1.